The minimum Gasteiger partial charge on any atom is -0.358 e. The molecule has 0 aliphatic carbocycles. The SMILES string of the molecule is CCCC[NH+](CCCC)Cc1c(C)[nH]c2c(C)c(C)ccc2c1=O. The minimum absolute atomic E-state index is 0.217. The second-order valence-corrected chi connectivity index (χ2v) is 7.12. The molecule has 0 aliphatic rings. The standard InChI is InChI=1S/C21H32N2O/c1-6-8-12-23(13-9-7-2)14-19-17(5)22-20-16(4)15(3)10-11-18(20)21(19)24/h10-11H,6-9,12-14H2,1-5H3,(H,22,24)/p+1. The van der Waals surface area contributed by atoms with E-state index in [0.29, 0.717) is 0 Å². The van der Waals surface area contributed by atoms with Gasteiger partial charge in [0.25, 0.3) is 0 Å². The molecule has 0 atom stereocenters. The number of aromatic nitrogens is 1. The molecule has 0 spiro atoms. The zero-order valence-corrected chi connectivity index (χ0v) is 16.0. The maximum absolute atomic E-state index is 13.1. The number of unbranched alkanes of at least 4 members (excludes halogenated alkanes) is 2. The van der Waals surface area contributed by atoms with E-state index in [-0.39, 0.29) is 5.43 Å². The largest absolute Gasteiger partial charge is 0.358 e. The van der Waals surface area contributed by atoms with Crippen molar-refractivity contribution in [2.45, 2.75) is 66.8 Å². The molecule has 132 valence electrons. The summed E-state index contributed by atoms with van der Waals surface area (Å²) in [6, 6.07) is 4.04. The van der Waals surface area contributed by atoms with Gasteiger partial charge < -0.3 is 9.88 Å². The van der Waals surface area contributed by atoms with Gasteiger partial charge in [0, 0.05) is 11.1 Å². The summed E-state index contributed by atoms with van der Waals surface area (Å²) in [5, 5.41) is 0.837. The van der Waals surface area contributed by atoms with Gasteiger partial charge in [0.2, 0.25) is 0 Å². The molecular formula is C21H33N2O+. The molecule has 24 heavy (non-hydrogen) atoms. The molecule has 1 heterocycles. The van der Waals surface area contributed by atoms with Crippen molar-refractivity contribution < 1.29 is 4.90 Å². The number of nitrogens with one attached hydrogen (secondary N) is 2. The van der Waals surface area contributed by atoms with E-state index in [0.717, 1.165) is 41.8 Å². The van der Waals surface area contributed by atoms with E-state index in [1.807, 2.05) is 6.07 Å². The van der Waals surface area contributed by atoms with Gasteiger partial charge in [-0.25, -0.2) is 0 Å². The van der Waals surface area contributed by atoms with Crippen molar-refractivity contribution in [3.05, 3.63) is 44.7 Å². The quantitative estimate of drug-likeness (QED) is 0.765. The monoisotopic (exact) mass is 329 g/mol. The van der Waals surface area contributed by atoms with Crippen molar-refractivity contribution in [1.29, 1.82) is 0 Å². The van der Waals surface area contributed by atoms with E-state index < -0.39 is 0 Å². The number of fused-ring (bicyclic) bond motifs is 1. The van der Waals surface area contributed by atoms with Gasteiger partial charge in [-0.2, -0.15) is 0 Å². The molecule has 1 aromatic carbocycles. The third-order valence-corrected chi connectivity index (χ3v) is 5.21. The summed E-state index contributed by atoms with van der Waals surface area (Å²) in [7, 11) is 0. The Morgan fingerprint density at radius 3 is 2.21 bits per heavy atom. The summed E-state index contributed by atoms with van der Waals surface area (Å²) in [4.78, 5) is 18.1. The summed E-state index contributed by atoms with van der Waals surface area (Å²) in [5.41, 5.74) is 5.63. The fraction of sp³-hybridized carbons (Fsp3) is 0.571. The minimum atomic E-state index is 0.217. The summed E-state index contributed by atoms with van der Waals surface area (Å²) in [5.74, 6) is 0. The third kappa shape index (κ3) is 4.07. The molecule has 3 nitrogen and oxygen atoms in total. The molecule has 0 saturated heterocycles. The lowest BCUT2D eigenvalue weighted by Gasteiger charge is -2.20. The fourth-order valence-corrected chi connectivity index (χ4v) is 3.38. The highest BCUT2D eigenvalue weighted by atomic mass is 16.1. The first kappa shape index (κ1) is 18.7. The van der Waals surface area contributed by atoms with Crippen LogP contribution >= 0.6 is 0 Å². The molecule has 2 aromatic rings. The second kappa shape index (κ2) is 8.48. The van der Waals surface area contributed by atoms with Crippen LogP contribution in [-0.4, -0.2) is 18.1 Å². The number of quaternary nitrogens is 1. The predicted octanol–water partition coefficient (Wildman–Crippen LogP) is 3.44. The highest BCUT2D eigenvalue weighted by Crippen LogP contribution is 2.18. The van der Waals surface area contributed by atoms with E-state index in [1.165, 1.54) is 41.7 Å². The summed E-state index contributed by atoms with van der Waals surface area (Å²) >= 11 is 0. The van der Waals surface area contributed by atoms with Crippen molar-refractivity contribution >= 4 is 10.9 Å². The van der Waals surface area contributed by atoms with Gasteiger partial charge in [0.15, 0.2) is 5.43 Å². The Balaban J connectivity index is 2.40. The van der Waals surface area contributed by atoms with E-state index in [4.69, 9.17) is 0 Å². The van der Waals surface area contributed by atoms with Gasteiger partial charge in [-0.05, 0) is 50.8 Å². The van der Waals surface area contributed by atoms with Crippen LogP contribution in [0.25, 0.3) is 10.9 Å². The Bertz CT molecular complexity index is 738. The Morgan fingerprint density at radius 1 is 1.00 bits per heavy atom. The molecule has 2 rings (SSSR count). The Morgan fingerprint density at radius 2 is 1.62 bits per heavy atom. The van der Waals surface area contributed by atoms with Crippen LogP contribution in [0.15, 0.2) is 16.9 Å². The fourth-order valence-electron chi connectivity index (χ4n) is 3.38. The van der Waals surface area contributed by atoms with E-state index in [1.54, 1.807) is 0 Å². The first-order chi connectivity index (χ1) is 11.5. The van der Waals surface area contributed by atoms with Crippen LogP contribution in [0, 0.1) is 20.8 Å². The number of hydrogen-bond donors (Lipinski definition) is 2. The average Bonchev–Trinajstić information content (AvgIpc) is 2.57. The van der Waals surface area contributed by atoms with E-state index >= 15 is 0 Å². The molecule has 1 aromatic heterocycles. The van der Waals surface area contributed by atoms with Gasteiger partial charge in [0.1, 0.15) is 6.54 Å². The lowest BCUT2D eigenvalue weighted by Crippen LogP contribution is -3.10. The van der Waals surface area contributed by atoms with Gasteiger partial charge >= 0.3 is 0 Å². The van der Waals surface area contributed by atoms with Crippen LogP contribution in [0.3, 0.4) is 0 Å². The van der Waals surface area contributed by atoms with Crippen LogP contribution in [0.1, 0.15) is 61.9 Å². The number of aromatic amines is 1. The normalized spacial score (nSPS) is 11.6. The van der Waals surface area contributed by atoms with Crippen LogP contribution in [0.5, 0.6) is 0 Å². The van der Waals surface area contributed by atoms with E-state index in [2.05, 4.69) is 45.7 Å². The summed E-state index contributed by atoms with van der Waals surface area (Å²) in [6.07, 6.45) is 4.87. The van der Waals surface area contributed by atoms with Crippen LogP contribution in [0.4, 0.5) is 0 Å². The third-order valence-electron chi connectivity index (χ3n) is 5.21. The van der Waals surface area contributed by atoms with Crippen LogP contribution < -0.4 is 10.3 Å². The van der Waals surface area contributed by atoms with Crippen LogP contribution in [0.2, 0.25) is 0 Å². The van der Waals surface area contributed by atoms with Gasteiger partial charge in [-0.1, -0.05) is 32.8 Å². The molecule has 0 bridgehead atoms. The zero-order valence-electron chi connectivity index (χ0n) is 16.0. The van der Waals surface area contributed by atoms with Gasteiger partial charge in [-0.15, -0.1) is 0 Å². The van der Waals surface area contributed by atoms with Crippen molar-refractivity contribution in [1.82, 2.24) is 4.98 Å². The molecule has 0 radical (unpaired) electrons. The average molecular weight is 330 g/mol. The van der Waals surface area contributed by atoms with Crippen molar-refractivity contribution in [2.24, 2.45) is 0 Å². The molecule has 2 N–H and O–H groups in total. The number of benzene rings is 1. The van der Waals surface area contributed by atoms with Crippen molar-refractivity contribution in [3.8, 4) is 0 Å². The van der Waals surface area contributed by atoms with Crippen molar-refractivity contribution in [3.63, 3.8) is 0 Å². The van der Waals surface area contributed by atoms with Gasteiger partial charge in [0.05, 0.1) is 24.2 Å². The molecular weight excluding hydrogens is 296 g/mol. The van der Waals surface area contributed by atoms with Crippen molar-refractivity contribution in [2.75, 3.05) is 13.1 Å². The molecule has 0 aliphatic heterocycles. The number of aryl methyl sites for hydroxylation is 3. The highest BCUT2D eigenvalue weighted by Gasteiger charge is 2.17. The Labute approximate surface area is 146 Å². The molecule has 0 fully saturated rings. The van der Waals surface area contributed by atoms with Gasteiger partial charge in [-0.3, -0.25) is 4.79 Å². The van der Waals surface area contributed by atoms with Crippen LogP contribution in [-0.2, 0) is 6.54 Å². The highest BCUT2D eigenvalue weighted by molar-refractivity contribution is 5.83. The summed E-state index contributed by atoms with van der Waals surface area (Å²) in [6.45, 7) is 13.8. The maximum atomic E-state index is 13.1. The zero-order chi connectivity index (χ0) is 17.7. The number of pyridine rings is 1. The number of rotatable bonds is 8. The molecule has 0 amide bonds. The first-order valence-corrected chi connectivity index (χ1v) is 9.44. The second-order valence-electron chi connectivity index (χ2n) is 7.12. The molecule has 0 unspecified atom stereocenters. The van der Waals surface area contributed by atoms with E-state index in [9.17, 15) is 4.79 Å². The summed E-state index contributed by atoms with van der Waals surface area (Å²) < 4.78 is 0. The molecule has 3 heteroatoms. The Hall–Kier alpha value is -1.61. The maximum Gasteiger partial charge on any atom is 0.198 e. The lowest BCUT2D eigenvalue weighted by molar-refractivity contribution is -0.914. The number of H-pyrrole nitrogens is 1. The topological polar surface area (TPSA) is 37.3 Å². The Kier molecular flexibility index (Phi) is 6.61. The predicted molar refractivity (Wildman–Crippen MR) is 103 cm³/mol. The lowest BCUT2D eigenvalue weighted by atomic mass is 10.0. The number of hydrogen-bond acceptors (Lipinski definition) is 1. The molecule has 0 saturated carbocycles. The smallest absolute Gasteiger partial charge is 0.198 e. The first-order valence-electron chi connectivity index (χ1n) is 9.44.